The number of halogens is 1. The SMILES string of the molecule is CCN(CCO)C(=O)[C@@H]1CCC(=O)N(CCOC)[C@H]1c1ccccc1F. The van der Waals surface area contributed by atoms with Gasteiger partial charge in [0.05, 0.1) is 25.2 Å². The molecule has 0 spiro atoms. The van der Waals surface area contributed by atoms with E-state index < -0.39 is 17.8 Å². The van der Waals surface area contributed by atoms with Crippen molar-refractivity contribution in [2.24, 2.45) is 5.92 Å². The number of hydrogen-bond acceptors (Lipinski definition) is 4. The van der Waals surface area contributed by atoms with Crippen LogP contribution in [0.4, 0.5) is 4.39 Å². The summed E-state index contributed by atoms with van der Waals surface area (Å²) in [5.41, 5.74) is 0.343. The summed E-state index contributed by atoms with van der Waals surface area (Å²) in [6.45, 7) is 2.98. The van der Waals surface area contributed by atoms with E-state index in [2.05, 4.69) is 0 Å². The average Bonchev–Trinajstić information content (AvgIpc) is 2.65. The molecule has 144 valence electrons. The average molecular weight is 366 g/mol. The highest BCUT2D eigenvalue weighted by molar-refractivity contribution is 5.85. The van der Waals surface area contributed by atoms with Crippen molar-refractivity contribution in [1.29, 1.82) is 0 Å². The molecule has 26 heavy (non-hydrogen) atoms. The van der Waals surface area contributed by atoms with E-state index in [4.69, 9.17) is 4.74 Å². The molecule has 0 saturated carbocycles. The number of aliphatic hydroxyl groups excluding tert-OH is 1. The van der Waals surface area contributed by atoms with Crippen LogP contribution in [0.25, 0.3) is 0 Å². The Morgan fingerprint density at radius 2 is 2.15 bits per heavy atom. The van der Waals surface area contributed by atoms with Crippen molar-refractivity contribution >= 4 is 11.8 Å². The minimum Gasteiger partial charge on any atom is -0.395 e. The van der Waals surface area contributed by atoms with Gasteiger partial charge in [-0.25, -0.2) is 4.39 Å². The molecule has 1 aromatic rings. The third kappa shape index (κ3) is 4.40. The molecule has 0 radical (unpaired) electrons. The van der Waals surface area contributed by atoms with Gasteiger partial charge in [0.15, 0.2) is 0 Å². The molecule has 1 fully saturated rings. The molecule has 2 amide bonds. The molecule has 2 atom stereocenters. The summed E-state index contributed by atoms with van der Waals surface area (Å²) in [5.74, 6) is -1.25. The minimum atomic E-state index is -0.673. The lowest BCUT2D eigenvalue weighted by Crippen LogP contribution is -2.50. The molecule has 2 rings (SSSR count). The predicted molar refractivity (Wildman–Crippen MR) is 94.8 cm³/mol. The highest BCUT2D eigenvalue weighted by Gasteiger charge is 2.42. The Bertz CT molecular complexity index is 625. The van der Waals surface area contributed by atoms with E-state index in [9.17, 15) is 19.1 Å². The molecule has 1 N–H and O–H groups in total. The molecule has 0 bridgehead atoms. The number of piperidine rings is 1. The second-order valence-corrected chi connectivity index (χ2v) is 6.33. The summed E-state index contributed by atoms with van der Waals surface area (Å²) < 4.78 is 19.6. The van der Waals surface area contributed by atoms with Gasteiger partial charge in [0.25, 0.3) is 0 Å². The van der Waals surface area contributed by atoms with Crippen molar-refractivity contribution in [3.63, 3.8) is 0 Å². The first-order chi connectivity index (χ1) is 12.5. The number of hydrogen-bond donors (Lipinski definition) is 1. The lowest BCUT2D eigenvalue weighted by molar-refractivity contribution is -0.149. The molecular formula is C19H27FN2O4. The van der Waals surface area contributed by atoms with Crippen LogP contribution in [-0.2, 0) is 14.3 Å². The van der Waals surface area contributed by atoms with E-state index in [1.165, 1.54) is 13.2 Å². The maximum absolute atomic E-state index is 14.5. The normalized spacial score (nSPS) is 20.3. The van der Waals surface area contributed by atoms with E-state index in [-0.39, 0.29) is 31.4 Å². The number of carbonyl (C=O) groups excluding carboxylic acids is 2. The van der Waals surface area contributed by atoms with Gasteiger partial charge in [-0.15, -0.1) is 0 Å². The van der Waals surface area contributed by atoms with E-state index >= 15 is 0 Å². The molecular weight excluding hydrogens is 339 g/mol. The summed E-state index contributed by atoms with van der Waals surface area (Å²) in [4.78, 5) is 28.7. The van der Waals surface area contributed by atoms with Gasteiger partial charge in [0, 0.05) is 38.7 Å². The summed E-state index contributed by atoms with van der Waals surface area (Å²) >= 11 is 0. The Balaban J connectivity index is 2.42. The Labute approximate surface area is 153 Å². The zero-order valence-corrected chi connectivity index (χ0v) is 15.4. The van der Waals surface area contributed by atoms with Crippen molar-refractivity contribution in [3.05, 3.63) is 35.6 Å². The molecule has 1 aliphatic heterocycles. The van der Waals surface area contributed by atoms with Gasteiger partial charge in [-0.3, -0.25) is 9.59 Å². The fraction of sp³-hybridized carbons (Fsp3) is 0.579. The van der Waals surface area contributed by atoms with Crippen LogP contribution in [0.1, 0.15) is 31.4 Å². The number of likely N-dealkylation sites (tertiary alicyclic amines) is 1. The number of methoxy groups -OCH3 is 1. The largest absolute Gasteiger partial charge is 0.395 e. The summed E-state index contributed by atoms with van der Waals surface area (Å²) in [6, 6.07) is 5.59. The number of likely N-dealkylation sites (N-methyl/N-ethyl adjacent to an activating group) is 1. The van der Waals surface area contributed by atoms with Crippen LogP contribution in [0.3, 0.4) is 0 Å². The van der Waals surface area contributed by atoms with Gasteiger partial charge in [0.2, 0.25) is 11.8 Å². The number of carbonyl (C=O) groups is 2. The summed E-state index contributed by atoms with van der Waals surface area (Å²) in [7, 11) is 1.54. The van der Waals surface area contributed by atoms with Crippen molar-refractivity contribution in [2.45, 2.75) is 25.8 Å². The number of aliphatic hydroxyl groups is 1. The smallest absolute Gasteiger partial charge is 0.228 e. The number of amides is 2. The van der Waals surface area contributed by atoms with E-state index in [0.717, 1.165) is 0 Å². The van der Waals surface area contributed by atoms with Crippen molar-refractivity contribution in [2.75, 3.05) is 40.0 Å². The van der Waals surface area contributed by atoms with Crippen LogP contribution in [-0.4, -0.2) is 66.7 Å². The van der Waals surface area contributed by atoms with E-state index in [1.54, 1.807) is 28.0 Å². The zero-order chi connectivity index (χ0) is 19.1. The van der Waals surface area contributed by atoms with Gasteiger partial charge in [0.1, 0.15) is 5.82 Å². The van der Waals surface area contributed by atoms with Gasteiger partial charge >= 0.3 is 0 Å². The molecule has 0 aliphatic carbocycles. The molecule has 7 heteroatoms. The molecule has 1 saturated heterocycles. The van der Waals surface area contributed by atoms with Crippen LogP contribution in [0.15, 0.2) is 24.3 Å². The van der Waals surface area contributed by atoms with E-state index in [1.807, 2.05) is 6.92 Å². The monoisotopic (exact) mass is 366 g/mol. The third-order valence-electron chi connectivity index (χ3n) is 4.85. The highest BCUT2D eigenvalue weighted by atomic mass is 19.1. The first kappa shape index (κ1) is 20.3. The second kappa shape index (κ2) is 9.64. The fourth-order valence-corrected chi connectivity index (χ4v) is 3.54. The van der Waals surface area contributed by atoms with Crippen molar-refractivity contribution < 1.29 is 23.8 Å². The molecule has 0 unspecified atom stereocenters. The van der Waals surface area contributed by atoms with Crippen molar-refractivity contribution in [3.8, 4) is 0 Å². The maximum Gasteiger partial charge on any atom is 0.228 e. The second-order valence-electron chi connectivity index (χ2n) is 6.33. The summed E-state index contributed by atoms with van der Waals surface area (Å²) in [6.07, 6.45) is 0.601. The first-order valence-corrected chi connectivity index (χ1v) is 8.97. The van der Waals surface area contributed by atoms with Crippen LogP contribution in [0, 0.1) is 11.7 Å². The van der Waals surface area contributed by atoms with Crippen LogP contribution < -0.4 is 0 Å². The molecule has 1 aliphatic rings. The van der Waals surface area contributed by atoms with Gasteiger partial charge in [-0.1, -0.05) is 18.2 Å². The standard InChI is InChI=1S/C19H27FN2O4/c1-3-21(10-12-23)19(25)15-8-9-17(24)22(11-13-26-2)18(15)14-6-4-5-7-16(14)20/h4-7,15,18,23H,3,8-13H2,1-2H3/t15-,18+/m1/s1. The lowest BCUT2D eigenvalue weighted by Gasteiger charge is -2.42. The predicted octanol–water partition coefficient (Wildman–Crippen LogP) is 1.59. The topological polar surface area (TPSA) is 70.1 Å². The molecule has 1 heterocycles. The first-order valence-electron chi connectivity index (χ1n) is 8.97. The number of ether oxygens (including phenoxy) is 1. The van der Waals surface area contributed by atoms with E-state index in [0.29, 0.717) is 31.7 Å². The summed E-state index contributed by atoms with van der Waals surface area (Å²) in [5, 5.41) is 9.22. The number of rotatable bonds is 8. The van der Waals surface area contributed by atoms with Crippen LogP contribution in [0.2, 0.25) is 0 Å². The van der Waals surface area contributed by atoms with Crippen LogP contribution >= 0.6 is 0 Å². The highest BCUT2D eigenvalue weighted by Crippen LogP contribution is 2.38. The third-order valence-corrected chi connectivity index (χ3v) is 4.85. The number of nitrogens with zero attached hydrogens (tertiary/aromatic N) is 2. The maximum atomic E-state index is 14.5. The quantitative estimate of drug-likeness (QED) is 0.759. The number of benzene rings is 1. The van der Waals surface area contributed by atoms with Gasteiger partial charge < -0.3 is 19.6 Å². The molecule has 1 aromatic carbocycles. The molecule has 6 nitrogen and oxygen atoms in total. The van der Waals surface area contributed by atoms with Crippen LogP contribution in [0.5, 0.6) is 0 Å². The van der Waals surface area contributed by atoms with Gasteiger partial charge in [-0.05, 0) is 19.4 Å². The lowest BCUT2D eigenvalue weighted by atomic mass is 9.83. The molecule has 0 aromatic heterocycles. The fourth-order valence-electron chi connectivity index (χ4n) is 3.54. The minimum absolute atomic E-state index is 0.107. The van der Waals surface area contributed by atoms with Crippen molar-refractivity contribution in [1.82, 2.24) is 9.80 Å². The van der Waals surface area contributed by atoms with Gasteiger partial charge in [-0.2, -0.15) is 0 Å². The Morgan fingerprint density at radius 1 is 1.42 bits per heavy atom. The Kier molecular flexibility index (Phi) is 7.53. The zero-order valence-electron chi connectivity index (χ0n) is 15.4. The Hall–Kier alpha value is -1.99. The Morgan fingerprint density at radius 3 is 2.77 bits per heavy atom.